The molecule has 0 bridgehead atoms. The van der Waals surface area contributed by atoms with E-state index in [0.717, 1.165) is 0 Å². The van der Waals surface area contributed by atoms with Gasteiger partial charge in [0, 0.05) is 0 Å². The molecule has 0 saturated carbocycles. The van der Waals surface area contributed by atoms with E-state index < -0.39 is 18.0 Å². The highest BCUT2D eigenvalue weighted by Gasteiger charge is 2.34. The molecule has 0 spiro atoms. The van der Waals surface area contributed by atoms with Gasteiger partial charge >= 0.3 is 5.97 Å². The van der Waals surface area contributed by atoms with Crippen molar-refractivity contribution in [3.8, 4) is 5.75 Å². The summed E-state index contributed by atoms with van der Waals surface area (Å²) in [5.74, 6) is -0.702. The molecular weight excluding hydrogens is 210 g/mol. The van der Waals surface area contributed by atoms with Gasteiger partial charge < -0.3 is 14.8 Å². The van der Waals surface area contributed by atoms with E-state index in [-0.39, 0.29) is 6.61 Å². The molecular formula is C11H11NO4. The molecule has 1 amide bonds. The van der Waals surface area contributed by atoms with Crippen molar-refractivity contribution in [3.63, 3.8) is 0 Å². The maximum atomic E-state index is 11.5. The van der Waals surface area contributed by atoms with E-state index in [4.69, 9.17) is 9.47 Å². The van der Waals surface area contributed by atoms with Crippen LogP contribution in [0.1, 0.15) is 6.92 Å². The number of rotatable bonds is 2. The van der Waals surface area contributed by atoms with Crippen LogP contribution in [0.5, 0.6) is 5.75 Å². The number of carbonyl (C=O) groups is 2. The minimum absolute atomic E-state index is 0.216. The Labute approximate surface area is 92.4 Å². The molecule has 0 radical (unpaired) electrons. The van der Waals surface area contributed by atoms with Crippen LogP contribution in [0.25, 0.3) is 0 Å². The Morgan fingerprint density at radius 2 is 2.25 bits per heavy atom. The number of nitrogens with one attached hydrogen (secondary N) is 1. The second-order valence-corrected chi connectivity index (χ2v) is 3.24. The van der Waals surface area contributed by atoms with Crippen molar-refractivity contribution in [2.75, 3.05) is 11.9 Å². The fourth-order valence-corrected chi connectivity index (χ4v) is 1.42. The average Bonchev–Trinajstić information content (AvgIpc) is 2.28. The molecule has 5 heteroatoms. The molecule has 1 heterocycles. The number of anilines is 1. The number of para-hydroxylation sites is 2. The summed E-state index contributed by atoms with van der Waals surface area (Å²) in [5.41, 5.74) is 0.563. The fraction of sp³-hybridized carbons (Fsp3) is 0.273. The standard InChI is InChI=1S/C11H11NO4/c1-2-15-11(14)9-10(13)12-7-5-3-4-6-8(7)16-9/h3-6,9H,2H2,1H3,(H,12,13)/t9-/m0/s1. The van der Waals surface area contributed by atoms with Gasteiger partial charge in [-0.05, 0) is 19.1 Å². The molecule has 0 fully saturated rings. The lowest BCUT2D eigenvalue weighted by Crippen LogP contribution is -2.43. The summed E-state index contributed by atoms with van der Waals surface area (Å²) >= 11 is 0. The number of benzene rings is 1. The molecule has 1 N–H and O–H groups in total. The SMILES string of the molecule is CCOC(=O)[C@H]1Oc2ccccc2NC1=O. The molecule has 0 aromatic heterocycles. The second kappa shape index (κ2) is 4.22. The molecule has 2 rings (SSSR count). The summed E-state index contributed by atoms with van der Waals surface area (Å²) in [5, 5.41) is 2.58. The van der Waals surface area contributed by atoms with Crippen LogP contribution in [0.3, 0.4) is 0 Å². The van der Waals surface area contributed by atoms with Crippen LogP contribution >= 0.6 is 0 Å². The monoisotopic (exact) mass is 221 g/mol. The second-order valence-electron chi connectivity index (χ2n) is 3.24. The molecule has 1 aliphatic rings. The van der Waals surface area contributed by atoms with Crippen molar-refractivity contribution < 1.29 is 19.1 Å². The molecule has 16 heavy (non-hydrogen) atoms. The number of hydrogen-bond acceptors (Lipinski definition) is 4. The first-order valence-electron chi connectivity index (χ1n) is 4.95. The van der Waals surface area contributed by atoms with Gasteiger partial charge in [0.05, 0.1) is 12.3 Å². The highest BCUT2D eigenvalue weighted by atomic mass is 16.6. The lowest BCUT2D eigenvalue weighted by Gasteiger charge is -2.23. The van der Waals surface area contributed by atoms with Gasteiger partial charge in [-0.25, -0.2) is 4.79 Å². The molecule has 1 aliphatic heterocycles. The third-order valence-electron chi connectivity index (χ3n) is 2.13. The summed E-state index contributed by atoms with van der Waals surface area (Å²) < 4.78 is 10.0. The molecule has 0 aliphatic carbocycles. The van der Waals surface area contributed by atoms with Crippen molar-refractivity contribution in [1.82, 2.24) is 0 Å². The van der Waals surface area contributed by atoms with Crippen LogP contribution in [0.15, 0.2) is 24.3 Å². The topological polar surface area (TPSA) is 64.6 Å². The third-order valence-corrected chi connectivity index (χ3v) is 2.13. The molecule has 1 atom stereocenters. The number of carbonyl (C=O) groups excluding carboxylic acids is 2. The van der Waals surface area contributed by atoms with Crippen molar-refractivity contribution in [2.24, 2.45) is 0 Å². The Morgan fingerprint density at radius 1 is 1.50 bits per heavy atom. The quantitative estimate of drug-likeness (QED) is 0.596. The normalized spacial score (nSPS) is 18.1. The van der Waals surface area contributed by atoms with Crippen LogP contribution in [0.4, 0.5) is 5.69 Å². The van der Waals surface area contributed by atoms with Gasteiger partial charge in [-0.2, -0.15) is 0 Å². The van der Waals surface area contributed by atoms with E-state index in [0.29, 0.717) is 11.4 Å². The number of ether oxygens (including phenoxy) is 2. The Bertz CT molecular complexity index is 430. The predicted molar refractivity (Wildman–Crippen MR) is 56.1 cm³/mol. The summed E-state index contributed by atoms with van der Waals surface area (Å²) in [6, 6.07) is 6.92. The van der Waals surface area contributed by atoms with Crippen molar-refractivity contribution >= 4 is 17.6 Å². The van der Waals surface area contributed by atoms with Gasteiger partial charge in [-0.1, -0.05) is 12.1 Å². The molecule has 5 nitrogen and oxygen atoms in total. The largest absolute Gasteiger partial charge is 0.466 e. The van der Waals surface area contributed by atoms with E-state index in [1.807, 2.05) is 0 Å². The lowest BCUT2D eigenvalue weighted by molar-refractivity contribution is -0.155. The predicted octanol–water partition coefficient (Wildman–Crippen LogP) is 0.949. The summed E-state index contributed by atoms with van der Waals surface area (Å²) in [6.45, 7) is 1.89. The van der Waals surface area contributed by atoms with Gasteiger partial charge in [0.2, 0.25) is 0 Å². The summed E-state index contributed by atoms with van der Waals surface area (Å²) in [4.78, 5) is 22.9. The number of fused-ring (bicyclic) bond motifs is 1. The van der Waals surface area contributed by atoms with Crippen LogP contribution in [0.2, 0.25) is 0 Å². The van der Waals surface area contributed by atoms with Crippen LogP contribution < -0.4 is 10.1 Å². The fourth-order valence-electron chi connectivity index (χ4n) is 1.42. The van der Waals surface area contributed by atoms with Crippen LogP contribution in [-0.4, -0.2) is 24.6 Å². The number of esters is 1. The van der Waals surface area contributed by atoms with Crippen molar-refractivity contribution in [2.45, 2.75) is 13.0 Å². The Balaban J connectivity index is 2.21. The van der Waals surface area contributed by atoms with E-state index in [2.05, 4.69) is 5.32 Å². The maximum absolute atomic E-state index is 11.5. The zero-order valence-electron chi connectivity index (χ0n) is 8.73. The highest BCUT2D eigenvalue weighted by Crippen LogP contribution is 2.28. The summed E-state index contributed by atoms with van der Waals surface area (Å²) in [6.07, 6.45) is -1.21. The molecule has 84 valence electrons. The average molecular weight is 221 g/mol. The molecule has 1 aromatic rings. The van der Waals surface area contributed by atoms with Gasteiger partial charge in [-0.15, -0.1) is 0 Å². The van der Waals surface area contributed by atoms with Crippen molar-refractivity contribution in [3.05, 3.63) is 24.3 Å². The first kappa shape index (κ1) is 10.5. The molecule has 1 aromatic carbocycles. The van der Waals surface area contributed by atoms with Gasteiger partial charge in [0.1, 0.15) is 5.75 Å². The molecule has 0 saturated heterocycles. The number of amides is 1. The van der Waals surface area contributed by atoms with Gasteiger partial charge in [-0.3, -0.25) is 4.79 Å². The Morgan fingerprint density at radius 3 is 3.00 bits per heavy atom. The zero-order valence-corrected chi connectivity index (χ0v) is 8.73. The van der Waals surface area contributed by atoms with E-state index in [1.54, 1.807) is 31.2 Å². The summed E-state index contributed by atoms with van der Waals surface area (Å²) in [7, 11) is 0. The van der Waals surface area contributed by atoms with E-state index in [1.165, 1.54) is 0 Å². The maximum Gasteiger partial charge on any atom is 0.357 e. The van der Waals surface area contributed by atoms with Crippen LogP contribution in [-0.2, 0) is 14.3 Å². The van der Waals surface area contributed by atoms with Crippen molar-refractivity contribution in [1.29, 1.82) is 0 Å². The minimum atomic E-state index is -1.21. The first-order chi connectivity index (χ1) is 7.72. The van der Waals surface area contributed by atoms with E-state index in [9.17, 15) is 9.59 Å². The zero-order chi connectivity index (χ0) is 11.5. The minimum Gasteiger partial charge on any atom is -0.466 e. The Hall–Kier alpha value is -2.04. The van der Waals surface area contributed by atoms with Gasteiger partial charge in [0.15, 0.2) is 0 Å². The molecule has 0 unspecified atom stereocenters. The highest BCUT2D eigenvalue weighted by molar-refractivity contribution is 6.09. The first-order valence-corrected chi connectivity index (χ1v) is 4.95. The van der Waals surface area contributed by atoms with Crippen LogP contribution in [0, 0.1) is 0 Å². The van der Waals surface area contributed by atoms with Gasteiger partial charge in [0.25, 0.3) is 12.0 Å². The number of hydrogen-bond donors (Lipinski definition) is 1. The smallest absolute Gasteiger partial charge is 0.357 e. The third kappa shape index (κ3) is 1.84. The van der Waals surface area contributed by atoms with E-state index >= 15 is 0 Å². The lowest BCUT2D eigenvalue weighted by atomic mass is 10.2. The Kier molecular flexibility index (Phi) is 2.76.